The molecule has 0 spiro atoms. The quantitative estimate of drug-likeness (QED) is 0.610. The van der Waals surface area contributed by atoms with Crippen molar-refractivity contribution < 1.29 is 5.11 Å². The molecule has 104 valence electrons. The van der Waals surface area contributed by atoms with Crippen molar-refractivity contribution in [2.24, 2.45) is 4.99 Å². The van der Waals surface area contributed by atoms with Gasteiger partial charge in [-0.2, -0.15) is 0 Å². The minimum Gasteiger partial charge on any atom is -0.494 e. The van der Waals surface area contributed by atoms with Gasteiger partial charge in [-0.1, -0.05) is 18.2 Å². The lowest BCUT2D eigenvalue weighted by Gasteiger charge is -2.00. The Hall–Kier alpha value is -3.22. The fourth-order valence-electron chi connectivity index (χ4n) is 1.93. The van der Waals surface area contributed by atoms with Gasteiger partial charge in [-0.15, -0.1) is 0 Å². The Balaban J connectivity index is 2.11. The fourth-order valence-corrected chi connectivity index (χ4v) is 1.93. The van der Waals surface area contributed by atoms with Gasteiger partial charge < -0.3 is 5.11 Å². The molecule has 0 amide bonds. The van der Waals surface area contributed by atoms with E-state index in [1.807, 2.05) is 29.2 Å². The zero-order valence-electron chi connectivity index (χ0n) is 10.7. The predicted octanol–water partition coefficient (Wildman–Crippen LogP) is 1.07. The third kappa shape index (κ3) is 2.44. The number of aromatic amines is 2. The van der Waals surface area contributed by atoms with Crippen molar-refractivity contribution in [1.82, 2.24) is 15.0 Å². The first-order valence-corrected chi connectivity index (χ1v) is 6.08. The lowest BCUT2D eigenvalue weighted by atomic mass is 10.2. The van der Waals surface area contributed by atoms with E-state index in [0.717, 1.165) is 5.39 Å². The molecule has 0 saturated carbocycles. The summed E-state index contributed by atoms with van der Waals surface area (Å²) >= 11 is 0. The first-order valence-electron chi connectivity index (χ1n) is 6.08. The topological polar surface area (TPSA) is 111 Å². The van der Waals surface area contributed by atoms with Gasteiger partial charge in [-0.25, -0.2) is 4.79 Å². The second-order valence-corrected chi connectivity index (χ2v) is 4.28. The van der Waals surface area contributed by atoms with Crippen molar-refractivity contribution in [3.05, 3.63) is 62.9 Å². The highest BCUT2D eigenvalue weighted by Crippen LogP contribution is 2.23. The van der Waals surface area contributed by atoms with Gasteiger partial charge in [0.2, 0.25) is 5.88 Å². The Morgan fingerprint density at radius 1 is 1.14 bits per heavy atom. The molecule has 21 heavy (non-hydrogen) atoms. The van der Waals surface area contributed by atoms with Crippen molar-refractivity contribution in [3.63, 3.8) is 0 Å². The molecule has 0 radical (unpaired) electrons. The van der Waals surface area contributed by atoms with Crippen molar-refractivity contribution in [2.75, 3.05) is 0 Å². The maximum atomic E-state index is 11.6. The highest BCUT2D eigenvalue weighted by Gasteiger charge is 2.06. The van der Waals surface area contributed by atoms with Crippen LogP contribution in [0.4, 0.5) is 5.69 Å². The molecule has 2 aromatic heterocycles. The van der Waals surface area contributed by atoms with Crippen molar-refractivity contribution in [2.45, 2.75) is 0 Å². The third-order valence-corrected chi connectivity index (χ3v) is 2.90. The number of H-pyrrole nitrogens is 2. The number of rotatable bonds is 2. The van der Waals surface area contributed by atoms with Crippen molar-refractivity contribution >= 4 is 22.8 Å². The summed E-state index contributed by atoms with van der Waals surface area (Å²) in [7, 11) is 0. The molecule has 0 atom stereocenters. The van der Waals surface area contributed by atoms with E-state index in [2.05, 4.69) is 15.0 Å². The summed E-state index contributed by atoms with van der Waals surface area (Å²) in [4.78, 5) is 35.1. The van der Waals surface area contributed by atoms with Crippen LogP contribution in [0.5, 0.6) is 5.88 Å². The number of hydrogen-bond acceptors (Lipinski definition) is 5. The van der Waals surface area contributed by atoms with Crippen LogP contribution in [-0.4, -0.2) is 26.3 Å². The molecule has 3 rings (SSSR count). The molecule has 1 aromatic carbocycles. The molecule has 0 aliphatic rings. The number of aliphatic imine (C=N–C) groups is 1. The third-order valence-electron chi connectivity index (χ3n) is 2.90. The first-order chi connectivity index (χ1) is 10.1. The van der Waals surface area contributed by atoms with Crippen LogP contribution in [0, 0.1) is 0 Å². The van der Waals surface area contributed by atoms with Gasteiger partial charge >= 0.3 is 5.69 Å². The van der Waals surface area contributed by atoms with Crippen LogP contribution >= 0.6 is 0 Å². The predicted molar refractivity (Wildman–Crippen MR) is 78.3 cm³/mol. The second-order valence-electron chi connectivity index (χ2n) is 4.28. The van der Waals surface area contributed by atoms with E-state index in [1.54, 1.807) is 12.3 Å². The van der Waals surface area contributed by atoms with E-state index in [9.17, 15) is 14.7 Å². The lowest BCUT2D eigenvalue weighted by Crippen LogP contribution is -2.24. The van der Waals surface area contributed by atoms with Crippen LogP contribution in [0.2, 0.25) is 0 Å². The van der Waals surface area contributed by atoms with Crippen LogP contribution in [0.3, 0.4) is 0 Å². The Morgan fingerprint density at radius 3 is 2.76 bits per heavy atom. The van der Waals surface area contributed by atoms with Gasteiger partial charge in [0.15, 0.2) is 0 Å². The van der Waals surface area contributed by atoms with Crippen LogP contribution < -0.4 is 11.2 Å². The molecule has 2 heterocycles. The van der Waals surface area contributed by atoms with Gasteiger partial charge in [0.25, 0.3) is 5.56 Å². The number of hydrogen-bond donors (Lipinski definition) is 3. The average Bonchev–Trinajstić information content (AvgIpc) is 2.46. The minimum absolute atomic E-state index is 0.123. The number of aromatic nitrogens is 3. The molecule has 7 nitrogen and oxygen atoms in total. The smallest absolute Gasteiger partial charge is 0.328 e. The maximum Gasteiger partial charge on any atom is 0.328 e. The Bertz CT molecular complexity index is 951. The number of para-hydroxylation sites is 1. The van der Waals surface area contributed by atoms with Crippen LogP contribution in [0.1, 0.15) is 5.56 Å². The summed E-state index contributed by atoms with van der Waals surface area (Å²) < 4.78 is 0. The molecule has 0 unspecified atom stereocenters. The molecule has 3 N–H and O–H groups in total. The van der Waals surface area contributed by atoms with Crippen LogP contribution in [-0.2, 0) is 0 Å². The summed E-state index contributed by atoms with van der Waals surface area (Å²) in [6, 6.07) is 9.15. The van der Waals surface area contributed by atoms with E-state index in [1.165, 1.54) is 6.21 Å². The summed E-state index contributed by atoms with van der Waals surface area (Å²) in [5.74, 6) is -0.527. The summed E-state index contributed by atoms with van der Waals surface area (Å²) in [6.07, 6.45) is 2.83. The van der Waals surface area contributed by atoms with Gasteiger partial charge in [0.1, 0.15) is 5.56 Å². The fraction of sp³-hybridized carbons (Fsp3) is 0. The van der Waals surface area contributed by atoms with Crippen molar-refractivity contribution in [1.29, 1.82) is 0 Å². The molecule has 0 saturated heterocycles. The average molecular weight is 282 g/mol. The summed E-state index contributed by atoms with van der Waals surface area (Å²) in [5.41, 5.74) is -0.382. The zero-order chi connectivity index (χ0) is 14.8. The van der Waals surface area contributed by atoms with E-state index in [0.29, 0.717) is 11.2 Å². The van der Waals surface area contributed by atoms with Crippen LogP contribution in [0.15, 0.2) is 51.1 Å². The molecular weight excluding hydrogens is 272 g/mol. The van der Waals surface area contributed by atoms with Gasteiger partial charge in [-0.05, 0) is 12.1 Å². The second kappa shape index (κ2) is 5.04. The van der Waals surface area contributed by atoms with Gasteiger partial charge in [-0.3, -0.25) is 24.7 Å². The lowest BCUT2D eigenvalue weighted by molar-refractivity contribution is 0.447. The Morgan fingerprint density at radius 2 is 1.95 bits per heavy atom. The highest BCUT2D eigenvalue weighted by molar-refractivity contribution is 5.92. The Labute approximate surface area is 117 Å². The SMILES string of the molecule is O=c1[nH]c(O)c(C=Nc2cccc3cccnc23)c(=O)[nH]1. The molecule has 0 aliphatic carbocycles. The largest absolute Gasteiger partial charge is 0.494 e. The first kappa shape index (κ1) is 12.8. The minimum atomic E-state index is -0.776. The van der Waals surface area contributed by atoms with E-state index in [-0.39, 0.29) is 5.56 Å². The van der Waals surface area contributed by atoms with Crippen molar-refractivity contribution in [3.8, 4) is 5.88 Å². The molecule has 7 heteroatoms. The van der Waals surface area contributed by atoms with Crippen LogP contribution in [0.25, 0.3) is 10.9 Å². The van der Waals surface area contributed by atoms with E-state index < -0.39 is 17.1 Å². The standard InChI is InChI=1S/C14H10N4O3/c19-12-9(13(20)18-14(21)17-12)7-16-10-5-1-3-8-4-2-6-15-11(8)10/h1-7H,(H3,17,18,19,20,21). The number of benzene rings is 1. The Kier molecular flexibility index (Phi) is 3.07. The number of nitrogens with one attached hydrogen (secondary N) is 2. The molecule has 3 aromatic rings. The molecule has 0 bridgehead atoms. The normalized spacial score (nSPS) is 11.2. The number of pyridine rings is 1. The molecule has 0 fully saturated rings. The number of aromatic hydroxyl groups is 1. The molecule has 0 aliphatic heterocycles. The summed E-state index contributed by atoms with van der Waals surface area (Å²) in [5, 5.41) is 10.5. The summed E-state index contributed by atoms with van der Waals surface area (Å²) in [6.45, 7) is 0. The van der Waals surface area contributed by atoms with E-state index in [4.69, 9.17) is 0 Å². The highest BCUT2D eigenvalue weighted by atomic mass is 16.3. The zero-order valence-corrected chi connectivity index (χ0v) is 10.7. The van der Waals surface area contributed by atoms with Gasteiger partial charge in [0.05, 0.1) is 11.2 Å². The molecular formula is C14H10N4O3. The van der Waals surface area contributed by atoms with Gasteiger partial charge in [0, 0.05) is 17.8 Å². The van der Waals surface area contributed by atoms with E-state index >= 15 is 0 Å². The number of nitrogens with zero attached hydrogens (tertiary/aromatic N) is 2. The maximum absolute atomic E-state index is 11.6. The monoisotopic (exact) mass is 282 g/mol. The number of fused-ring (bicyclic) bond motifs is 1.